The van der Waals surface area contributed by atoms with Crippen molar-refractivity contribution < 1.29 is 29.1 Å². The number of aromatic nitrogens is 4. The maximum atomic E-state index is 12.7. The Bertz CT molecular complexity index is 1730. The Kier molecular flexibility index (Phi) is 27.2. The van der Waals surface area contributed by atoms with Crippen LogP contribution in [0.5, 0.6) is 6.01 Å². The van der Waals surface area contributed by atoms with Gasteiger partial charge in [-0.15, -0.1) is 0 Å². The van der Waals surface area contributed by atoms with Crippen molar-refractivity contribution in [3.63, 3.8) is 0 Å². The van der Waals surface area contributed by atoms with Gasteiger partial charge in [0.1, 0.15) is 12.1 Å². The summed E-state index contributed by atoms with van der Waals surface area (Å²) < 4.78 is 7.19. The molecule has 17 nitrogen and oxygen atoms in total. The van der Waals surface area contributed by atoms with Gasteiger partial charge in [0.15, 0.2) is 11.5 Å². The number of carbonyl (C=O) groups is 3. The van der Waals surface area contributed by atoms with Crippen molar-refractivity contribution in [2.24, 2.45) is 23.1 Å². The molecule has 1 saturated heterocycles. The van der Waals surface area contributed by atoms with E-state index in [1.165, 1.54) is 5.56 Å². The lowest BCUT2D eigenvalue weighted by molar-refractivity contribution is -0.132. The summed E-state index contributed by atoms with van der Waals surface area (Å²) in [5.41, 5.74) is 8.09. The summed E-state index contributed by atoms with van der Waals surface area (Å²) in [6, 6.07) is 8.45. The van der Waals surface area contributed by atoms with Crippen molar-refractivity contribution in [2.45, 2.75) is 127 Å². The van der Waals surface area contributed by atoms with Crippen LogP contribution in [0.2, 0.25) is 0 Å². The number of ether oxygens (including phenoxy) is 1. The van der Waals surface area contributed by atoms with Gasteiger partial charge in [0, 0.05) is 31.7 Å². The summed E-state index contributed by atoms with van der Waals surface area (Å²) in [4.78, 5) is 65.6. The molecular weight excluding hydrogens is 781 g/mol. The number of nitrogens with one attached hydrogen (secondary N) is 4. The van der Waals surface area contributed by atoms with Gasteiger partial charge in [0.25, 0.3) is 0 Å². The summed E-state index contributed by atoms with van der Waals surface area (Å²) in [6.07, 6.45) is 7.33. The van der Waals surface area contributed by atoms with E-state index in [2.05, 4.69) is 93.3 Å². The molecule has 9 N–H and O–H groups in total. The second-order valence-corrected chi connectivity index (χ2v) is 16.3. The number of hydrogen-bond acceptors (Lipinski definition) is 12. The Morgan fingerprint density at radius 3 is 2.10 bits per heavy atom. The minimum atomic E-state index is -0.705. The number of nitrogens with zero attached hydrogens (tertiary/aromatic N) is 4. The highest BCUT2D eigenvalue weighted by atomic mass is 16.6. The van der Waals surface area contributed by atoms with E-state index >= 15 is 0 Å². The molecule has 0 atom stereocenters. The fourth-order valence-electron chi connectivity index (χ4n) is 5.98. The Hall–Kier alpha value is -4.58. The topological polar surface area (TPSA) is 245 Å². The lowest BCUT2D eigenvalue weighted by Crippen LogP contribution is -2.43. The molecule has 1 aliphatic heterocycles. The maximum Gasteiger partial charge on any atom is 0.328 e. The van der Waals surface area contributed by atoms with E-state index in [0.29, 0.717) is 49.7 Å². The van der Waals surface area contributed by atoms with Gasteiger partial charge >= 0.3 is 11.7 Å². The zero-order valence-electron chi connectivity index (χ0n) is 38.5. The highest BCUT2D eigenvalue weighted by molar-refractivity contribution is 5.87. The van der Waals surface area contributed by atoms with Crippen molar-refractivity contribution >= 4 is 34.7 Å². The molecule has 0 unspecified atom stereocenters. The second kappa shape index (κ2) is 30.4. The van der Waals surface area contributed by atoms with Gasteiger partial charge < -0.3 is 36.5 Å². The number of rotatable bonds is 21. The zero-order chi connectivity index (χ0) is 45.8. The minimum Gasteiger partial charge on any atom is -0.463 e. The third-order valence-electron chi connectivity index (χ3n) is 9.54. The summed E-state index contributed by atoms with van der Waals surface area (Å²) >= 11 is 0. The molecule has 1 fully saturated rings. The van der Waals surface area contributed by atoms with Crippen LogP contribution in [0.3, 0.4) is 0 Å². The number of carbonyl (C=O) groups excluding carboxylic acids is 3. The fraction of sp³-hybridized carbons (Fsp3) is 0.682. The predicted octanol–water partition coefficient (Wildman–Crippen LogP) is 4.65. The van der Waals surface area contributed by atoms with E-state index in [4.69, 9.17) is 15.6 Å². The number of aliphatic hydroxyl groups is 1. The second-order valence-electron chi connectivity index (χ2n) is 16.3. The molecule has 17 heteroatoms. The third kappa shape index (κ3) is 21.7. The molecule has 4 rings (SSSR count). The van der Waals surface area contributed by atoms with Crippen LogP contribution in [0.1, 0.15) is 125 Å². The molecular formula is C44H78N10O7. The smallest absolute Gasteiger partial charge is 0.328 e. The molecule has 0 spiro atoms. The first-order valence-electron chi connectivity index (χ1n) is 22.1. The number of fused-ring (bicyclic) bond motifs is 1. The number of H-pyrrole nitrogens is 1. The first-order chi connectivity index (χ1) is 29.1. The van der Waals surface area contributed by atoms with Crippen LogP contribution in [-0.4, -0.2) is 99.8 Å². The Morgan fingerprint density at radius 2 is 1.52 bits per heavy atom. The van der Waals surface area contributed by atoms with E-state index in [0.717, 1.165) is 76.1 Å². The first-order valence-corrected chi connectivity index (χ1v) is 22.1. The maximum absolute atomic E-state index is 12.7. The molecule has 3 amide bonds. The Balaban J connectivity index is 0.000000990. The summed E-state index contributed by atoms with van der Waals surface area (Å²) in [7, 11) is 0. The predicted molar refractivity (Wildman–Crippen MR) is 243 cm³/mol. The average molecular weight is 859 g/mol. The normalized spacial score (nSPS) is 12.9. The van der Waals surface area contributed by atoms with Gasteiger partial charge in [-0.1, -0.05) is 99.4 Å². The molecule has 3 aromatic rings. The molecule has 0 radical (unpaired) electrons. The van der Waals surface area contributed by atoms with Crippen LogP contribution in [0.15, 0.2) is 29.1 Å². The largest absolute Gasteiger partial charge is 0.463 e. The van der Waals surface area contributed by atoms with Crippen LogP contribution in [0.25, 0.3) is 11.2 Å². The number of anilines is 1. The number of piperidine rings is 1. The standard InChI is InChI=1S/C32H48N8O5.C6H14N2O2.C4H10.C2H6/c1-4-5-18-45-30-37-27(33)26-28(38-30)40(31(44)36-26)21-24-8-6-23(7-9-24)20-39-15-11-22(12-16-39)10-14-34-25(42)19-35-29(43)32(2,3)13-17-41;1-2-3-4-8-6(9)5-10-7;1-4(2)3;1-2/h6-9,22,41H,4-5,10-21H2,1-3H3,(H,34,42)(H,35,43)(H,36,44)(H2,33,37,38);2-5,7H2,1H3,(H,8,9);4H,1-3H3;1-2H3. The van der Waals surface area contributed by atoms with Crippen LogP contribution in [0.4, 0.5) is 5.82 Å². The van der Waals surface area contributed by atoms with Crippen molar-refractivity contribution in [1.82, 2.24) is 40.4 Å². The van der Waals surface area contributed by atoms with Crippen molar-refractivity contribution in [3.05, 3.63) is 45.9 Å². The van der Waals surface area contributed by atoms with E-state index in [1.54, 1.807) is 18.4 Å². The van der Waals surface area contributed by atoms with Crippen LogP contribution >= 0.6 is 0 Å². The average Bonchev–Trinajstić information content (AvgIpc) is 3.54. The highest BCUT2D eigenvalue weighted by Gasteiger charge is 2.27. The molecule has 2 aromatic heterocycles. The number of imidazole rings is 1. The lowest BCUT2D eigenvalue weighted by atomic mass is 9.89. The number of nitrogen functional groups attached to an aromatic ring is 1. The lowest BCUT2D eigenvalue weighted by Gasteiger charge is -2.32. The molecule has 1 aliphatic rings. The monoisotopic (exact) mass is 859 g/mol. The summed E-state index contributed by atoms with van der Waals surface area (Å²) in [5.74, 6) is 5.65. The zero-order valence-corrected chi connectivity index (χ0v) is 38.5. The molecule has 61 heavy (non-hydrogen) atoms. The first kappa shape index (κ1) is 54.4. The van der Waals surface area contributed by atoms with E-state index in [-0.39, 0.29) is 55.0 Å². The summed E-state index contributed by atoms with van der Waals surface area (Å²) in [6.45, 7) is 22.9. The molecule has 346 valence electrons. The molecule has 0 bridgehead atoms. The number of benzene rings is 1. The van der Waals surface area contributed by atoms with Crippen molar-refractivity contribution in [3.8, 4) is 6.01 Å². The van der Waals surface area contributed by atoms with E-state index in [1.807, 2.05) is 26.0 Å². The number of likely N-dealkylation sites (tertiary alicyclic amines) is 1. The number of amides is 3. The molecule has 1 aromatic carbocycles. The molecule has 0 saturated carbocycles. The summed E-state index contributed by atoms with van der Waals surface area (Å²) in [5, 5.41) is 17.3. The van der Waals surface area contributed by atoms with Crippen LogP contribution < -0.4 is 38.0 Å². The fourth-order valence-corrected chi connectivity index (χ4v) is 5.98. The molecule has 0 aliphatic carbocycles. The van der Waals surface area contributed by atoms with Crippen LogP contribution in [-0.2, 0) is 32.3 Å². The van der Waals surface area contributed by atoms with Gasteiger partial charge in [0.2, 0.25) is 17.7 Å². The Morgan fingerprint density at radius 1 is 0.934 bits per heavy atom. The van der Waals surface area contributed by atoms with Gasteiger partial charge in [-0.3, -0.25) is 28.7 Å². The number of aliphatic hydroxyl groups excluding tert-OH is 1. The van der Waals surface area contributed by atoms with Crippen molar-refractivity contribution in [2.75, 3.05) is 58.3 Å². The van der Waals surface area contributed by atoms with Crippen LogP contribution in [0, 0.1) is 17.3 Å². The quantitative estimate of drug-likeness (QED) is 0.0572. The third-order valence-corrected chi connectivity index (χ3v) is 9.54. The number of aromatic amines is 1. The van der Waals surface area contributed by atoms with E-state index < -0.39 is 5.41 Å². The SMILES string of the molecule is CC.CC(C)C.CCCCNC(=O)CON.CCCCOc1nc(N)c2[nH]c(=O)n(Cc3ccc(CN4CCC(CCNC(=O)CNC(=O)C(C)(C)CCO)CC4)cc3)c2n1. The molecule has 3 heterocycles. The highest BCUT2D eigenvalue weighted by Crippen LogP contribution is 2.23. The van der Waals surface area contributed by atoms with Crippen molar-refractivity contribution in [1.29, 1.82) is 0 Å². The van der Waals surface area contributed by atoms with Gasteiger partial charge in [-0.2, -0.15) is 9.97 Å². The Labute approximate surface area is 363 Å². The minimum absolute atomic E-state index is 0.0519. The number of nitrogens with two attached hydrogens (primary N) is 2. The number of hydrogen-bond donors (Lipinski definition) is 7. The number of unbranched alkanes of at least 4 members (excludes halogenated alkanes) is 2. The van der Waals surface area contributed by atoms with Gasteiger partial charge in [-0.05, 0) is 74.6 Å². The van der Waals surface area contributed by atoms with Gasteiger partial charge in [-0.25, -0.2) is 10.7 Å². The van der Waals surface area contributed by atoms with Gasteiger partial charge in [0.05, 0.1) is 19.7 Å². The van der Waals surface area contributed by atoms with E-state index in [9.17, 15) is 19.2 Å².